The summed E-state index contributed by atoms with van der Waals surface area (Å²) in [6.45, 7) is 12.5. The molecular formula is C45H56N6O8. The Hall–Kier alpha value is -5.63. The van der Waals surface area contributed by atoms with Crippen molar-refractivity contribution in [2.24, 2.45) is 0 Å². The fourth-order valence-corrected chi connectivity index (χ4v) is 8.10. The number of fused-ring (bicyclic) bond motifs is 3. The number of β-amino-alcohol motifs (C(OH)–C–C–N with tert-alkyl or cyclic N) is 1. The highest BCUT2D eigenvalue weighted by Gasteiger charge is 2.52. The maximum Gasteiger partial charge on any atom is 0.419 e. The Morgan fingerprint density at radius 1 is 0.983 bits per heavy atom. The number of pyridine rings is 2. The second-order valence-electron chi connectivity index (χ2n) is 17.7. The molecular weight excluding hydrogens is 753 g/mol. The van der Waals surface area contributed by atoms with Gasteiger partial charge in [-0.3, -0.25) is 19.4 Å². The number of allylic oxidation sites excluding steroid dienone is 1. The Balaban J connectivity index is 1.10. The van der Waals surface area contributed by atoms with Gasteiger partial charge < -0.3 is 30.1 Å². The summed E-state index contributed by atoms with van der Waals surface area (Å²) < 4.78 is 10.9. The molecule has 3 aliphatic rings. The number of ether oxygens (including phenoxy) is 2. The average Bonchev–Trinajstić information content (AvgIpc) is 3.68. The number of benzene rings is 1. The second-order valence-corrected chi connectivity index (χ2v) is 17.7. The molecule has 4 heterocycles. The highest BCUT2D eigenvalue weighted by molar-refractivity contribution is 6.06. The normalized spacial score (nSPS) is 21.3. The van der Waals surface area contributed by atoms with E-state index in [1.54, 1.807) is 58.7 Å². The maximum atomic E-state index is 13.7. The Kier molecular flexibility index (Phi) is 12.6. The molecule has 3 aromatic rings. The summed E-state index contributed by atoms with van der Waals surface area (Å²) in [5, 5.41) is 15.6. The Labute approximate surface area is 345 Å². The molecule has 14 nitrogen and oxygen atoms in total. The van der Waals surface area contributed by atoms with Gasteiger partial charge in [0, 0.05) is 55.1 Å². The summed E-state index contributed by atoms with van der Waals surface area (Å²) in [7, 11) is 0. The van der Waals surface area contributed by atoms with Crippen molar-refractivity contribution in [3.05, 3.63) is 94.4 Å². The molecule has 6 rings (SSSR count). The number of carbonyl (C=O) groups excluding carboxylic acids is 5. The molecule has 1 fully saturated rings. The lowest BCUT2D eigenvalue weighted by atomic mass is 9.79. The van der Waals surface area contributed by atoms with Crippen molar-refractivity contribution < 1.29 is 38.6 Å². The molecule has 1 spiro atoms. The van der Waals surface area contributed by atoms with Crippen LogP contribution in [0.3, 0.4) is 0 Å². The van der Waals surface area contributed by atoms with Gasteiger partial charge in [-0.1, -0.05) is 42.5 Å². The number of aliphatic hydroxyl groups is 1. The van der Waals surface area contributed by atoms with Crippen LogP contribution in [0.25, 0.3) is 6.08 Å². The van der Waals surface area contributed by atoms with E-state index in [1.165, 1.54) is 6.20 Å². The molecule has 1 saturated heterocycles. The van der Waals surface area contributed by atoms with Crippen LogP contribution in [0.1, 0.15) is 118 Å². The fourth-order valence-electron chi connectivity index (χ4n) is 8.10. The molecule has 5 amide bonds. The van der Waals surface area contributed by atoms with Gasteiger partial charge in [0.15, 0.2) is 0 Å². The van der Waals surface area contributed by atoms with E-state index >= 15 is 0 Å². The van der Waals surface area contributed by atoms with Crippen molar-refractivity contribution in [1.29, 1.82) is 0 Å². The third-order valence-corrected chi connectivity index (χ3v) is 10.9. The summed E-state index contributed by atoms with van der Waals surface area (Å²) in [6.07, 6.45) is 8.58. The fraction of sp³-hybridized carbons (Fsp3) is 0.489. The van der Waals surface area contributed by atoms with Crippen LogP contribution in [0.15, 0.2) is 60.9 Å². The summed E-state index contributed by atoms with van der Waals surface area (Å²) in [6, 6.07) is 12.6. The van der Waals surface area contributed by atoms with E-state index in [2.05, 4.69) is 20.6 Å². The molecule has 3 unspecified atom stereocenters. The highest BCUT2D eigenvalue weighted by Crippen LogP contribution is 2.46. The number of nitrogens with zero attached hydrogens (tertiary/aromatic N) is 4. The molecule has 2 aliphatic heterocycles. The molecule has 59 heavy (non-hydrogen) atoms. The smallest absolute Gasteiger partial charge is 0.419 e. The number of rotatable bonds is 11. The molecule has 0 radical (unpaired) electrons. The van der Waals surface area contributed by atoms with E-state index in [9.17, 15) is 29.1 Å². The maximum absolute atomic E-state index is 13.7. The number of piperidine rings is 1. The standard InChI is InChI=1S/C45H56N6O8/c1-28-33(30-16-12-10-13-17-30)23-35(39(54)50(28)19-20-52)48-38(53)32-22-31-24-45(25-36(31)46-27-32)34-21-29(26-47-37(34)49-40(45)55)15-11-8-9-14-18-51(41(56)58-43(2,3)4)42(57)59-44(5,6)7/h10-13,15-17,21-22,26-28,33,35,52H,8-9,14,18-20,23-25H2,1-7H3,(H,48,53)(H,47,49,55)/b15-11+/t28?,33?,35?,45-/m0/s1. The van der Waals surface area contributed by atoms with E-state index in [4.69, 9.17) is 9.47 Å². The third-order valence-electron chi connectivity index (χ3n) is 10.9. The van der Waals surface area contributed by atoms with Gasteiger partial charge in [0.2, 0.25) is 11.8 Å². The van der Waals surface area contributed by atoms with Gasteiger partial charge in [0.25, 0.3) is 5.91 Å². The summed E-state index contributed by atoms with van der Waals surface area (Å²) in [5.74, 6) is -0.390. The number of hydrogen-bond donors (Lipinski definition) is 3. The van der Waals surface area contributed by atoms with E-state index in [-0.39, 0.29) is 43.5 Å². The predicted octanol–water partition coefficient (Wildman–Crippen LogP) is 6.32. The zero-order chi connectivity index (χ0) is 42.7. The number of hydrogen-bond acceptors (Lipinski definition) is 10. The first-order chi connectivity index (χ1) is 27.9. The number of carbonyl (C=O) groups is 5. The highest BCUT2D eigenvalue weighted by atomic mass is 16.6. The quantitative estimate of drug-likeness (QED) is 0.186. The molecule has 4 atom stereocenters. The second kappa shape index (κ2) is 17.3. The number of anilines is 1. The number of imide groups is 1. The molecule has 3 N–H and O–H groups in total. The van der Waals surface area contributed by atoms with Crippen LogP contribution in [-0.4, -0.2) is 97.8 Å². The first-order valence-electron chi connectivity index (χ1n) is 20.4. The van der Waals surface area contributed by atoms with Crippen LogP contribution in [0.5, 0.6) is 0 Å². The van der Waals surface area contributed by atoms with Gasteiger partial charge >= 0.3 is 12.2 Å². The molecule has 1 aromatic carbocycles. The molecule has 1 aliphatic carbocycles. The molecule has 2 aromatic heterocycles. The average molecular weight is 809 g/mol. The minimum Gasteiger partial charge on any atom is -0.443 e. The zero-order valence-corrected chi connectivity index (χ0v) is 35.0. The first-order valence-corrected chi connectivity index (χ1v) is 20.4. The van der Waals surface area contributed by atoms with Crippen LogP contribution in [-0.2, 0) is 37.3 Å². The molecule has 314 valence electrons. The molecule has 0 bridgehead atoms. The topological polar surface area (TPSA) is 180 Å². The lowest BCUT2D eigenvalue weighted by Crippen LogP contribution is -2.58. The van der Waals surface area contributed by atoms with Gasteiger partial charge in [0.1, 0.15) is 23.1 Å². The summed E-state index contributed by atoms with van der Waals surface area (Å²) >= 11 is 0. The largest absolute Gasteiger partial charge is 0.443 e. The minimum atomic E-state index is -0.938. The van der Waals surface area contributed by atoms with Gasteiger partial charge in [-0.05, 0) is 109 Å². The van der Waals surface area contributed by atoms with Crippen molar-refractivity contribution in [3.8, 4) is 0 Å². The van der Waals surface area contributed by atoms with Crippen LogP contribution < -0.4 is 10.6 Å². The van der Waals surface area contributed by atoms with Gasteiger partial charge in [-0.2, -0.15) is 0 Å². The van der Waals surface area contributed by atoms with Crippen molar-refractivity contribution >= 4 is 41.8 Å². The van der Waals surface area contributed by atoms with E-state index in [1.807, 2.05) is 55.5 Å². The van der Waals surface area contributed by atoms with Gasteiger partial charge in [-0.25, -0.2) is 19.5 Å². The van der Waals surface area contributed by atoms with Crippen LogP contribution in [0.4, 0.5) is 15.4 Å². The molecule has 14 heteroatoms. The number of likely N-dealkylation sites (tertiary alicyclic amines) is 1. The number of unbranched alkanes of at least 4 members (excludes halogenated alkanes) is 2. The zero-order valence-electron chi connectivity index (χ0n) is 35.0. The SMILES string of the molecule is CC1C(c2ccccc2)CC(NC(=O)c2cnc3c(c2)C[C@@]2(C3)C(=O)Nc3ncc(/C=C/CCCCN(C(=O)OC(C)(C)C)C(=O)OC(C)(C)C)cc32)C(=O)N1CCO. The van der Waals surface area contributed by atoms with E-state index < -0.39 is 40.8 Å². The van der Waals surface area contributed by atoms with Crippen LogP contribution >= 0.6 is 0 Å². The van der Waals surface area contributed by atoms with Gasteiger partial charge in [0.05, 0.1) is 17.6 Å². The van der Waals surface area contributed by atoms with E-state index in [0.29, 0.717) is 49.9 Å². The van der Waals surface area contributed by atoms with Crippen LogP contribution in [0, 0.1) is 0 Å². The molecule has 0 saturated carbocycles. The minimum absolute atomic E-state index is 0.0364. The summed E-state index contributed by atoms with van der Waals surface area (Å²) in [5.41, 5.74) is 1.95. The van der Waals surface area contributed by atoms with Gasteiger partial charge in [-0.15, -0.1) is 0 Å². The Morgan fingerprint density at radius 2 is 1.68 bits per heavy atom. The van der Waals surface area contributed by atoms with E-state index in [0.717, 1.165) is 32.8 Å². The Bertz CT molecular complexity index is 2080. The van der Waals surface area contributed by atoms with Crippen molar-refractivity contribution in [1.82, 2.24) is 25.1 Å². The lowest BCUT2D eigenvalue weighted by molar-refractivity contribution is -0.140. The number of aromatic nitrogens is 2. The predicted molar refractivity (Wildman–Crippen MR) is 222 cm³/mol. The van der Waals surface area contributed by atoms with Crippen molar-refractivity contribution in [2.75, 3.05) is 25.0 Å². The summed E-state index contributed by atoms with van der Waals surface area (Å²) in [4.78, 5) is 78.4. The lowest BCUT2D eigenvalue weighted by Gasteiger charge is -2.43. The van der Waals surface area contributed by atoms with Crippen molar-refractivity contribution in [2.45, 2.75) is 122 Å². The van der Waals surface area contributed by atoms with Crippen molar-refractivity contribution in [3.63, 3.8) is 0 Å². The number of aliphatic hydroxyl groups excluding tert-OH is 1. The third kappa shape index (κ3) is 9.81. The Morgan fingerprint density at radius 3 is 2.34 bits per heavy atom. The van der Waals surface area contributed by atoms with Crippen LogP contribution in [0.2, 0.25) is 0 Å². The first kappa shape index (κ1) is 43.0. The number of amides is 5. The number of nitrogens with one attached hydrogen (secondary N) is 2. The monoisotopic (exact) mass is 808 g/mol.